The number of hydrogen-bond donors (Lipinski definition) is 2. The Labute approximate surface area is 59.8 Å². The van der Waals surface area contributed by atoms with Crippen molar-refractivity contribution in [2.45, 2.75) is 12.8 Å². The van der Waals surface area contributed by atoms with Crippen LogP contribution in [0.1, 0.15) is 11.3 Å². The van der Waals surface area contributed by atoms with Gasteiger partial charge in [0.15, 0.2) is 0 Å². The average Bonchev–Trinajstić information content (AvgIpc) is 2.31. The van der Waals surface area contributed by atoms with Crippen molar-refractivity contribution in [1.82, 2.24) is 10.2 Å². The lowest BCUT2D eigenvalue weighted by atomic mass is 10.2. The van der Waals surface area contributed by atoms with E-state index in [2.05, 4.69) is 5.10 Å². The summed E-state index contributed by atoms with van der Waals surface area (Å²) in [7, 11) is 0. The SMILES string of the molecule is OCc1cn[nH]c1C(F)(F)F. The van der Waals surface area contributed by atoms with Crippen LogP contribution in [0.5, 0.6) is 0 Å². The second-order valence-electron chi connectivity index (χ2n) is 1.93. The summed E-state index contributed by atoms with van der Waals surface area (Å²) in [6.45, 7) is -0.661. The van der Waals surface area contributed by atoms with E-state index in [1.54, 1.807) is 5.10 Å². The van der Waals surface area contributed by atoms with Gasteiger partial charge in [0.05, 0.1) is 12.8 Å². The molecule has 0 amide bonds. The first-order valence-electron chi connectivity index (χ1n) is 2.76. The number of aliphatic hydroxyl groups is 1. The minimum Gasteiger partial charge on any atom is -0.392 e. The number of halogens is 3. The van der Waals surface area contributed by atoms with Crippen LogP contribution in [0.15, 0.2) is 6.20 Å². The predicted molar refractivity (Wildman–Crippen MR) is 29.5 cm³/mol. The average molecular weight is 166 g/mol. The Morgan fingerprint density at radius 1 is 1.55 bits per heavy atom. The number of aromatic amines is 1. The molecule has 1 aromatic rings. The lowest BCUT2D eigenvalue weighted by Crippen LogP contribution is -2.08. The van der Waals surface area contributed by atoms with E-state index < -0.39 is 18.5 Å². The first kappa shape index (κ1) is 8.06. The van der Waals surface area contributed by atoms with Gasteiger partial charge in [-0.25, -0.2) is 0 Å². The summed E-state index contributed by atoms with van der Waals surface area (Å²) >= 11 is 0. The number of rotatable bonds is 1. The Balaban J connectivity index is 3.02. The molecular formula is C5H5F3N2O. The highest BCUT2D eigenvalue weighted by Crippen LogP contribution is 2.29. The van der Waals surface area contributed by atoms with Crippen molar-refractivity contribution in [3.63, 3.8) is 0 Å². The third-order valence-electron chi connectivity index (χ3n) is 1.17. The molecule has 0 atom stereocenters. The molecule has 0 aliphatic heterocycles. The molecule has 0 aliphatic carbocycles. The van der Waals surface area contributed by atoms with Crippen LogP contribution >= 0.6 is 0 Å². The summed E-state index contributed by atoms with van der Waals surface area (Å²) in [5.74, 6) is 0. The maximum Gasteiger partial charge on any atom is 0.433 e. The van der Waals surface area contributed by atoms with E-state index in [9.17, 15) is 13.2 Å². The standard InChI is InChI=1S/C5H5F3N2O/c6-5(7,8)4-3(2-11)1-9-10-4/h1,11H,2H2,(H,9,10). The van der Waals surface area contributed by atoms with Crippen LogP contribution in [0.2, 0.25) is 0 Å². The van der Waals surface area contributed by atoms with Gasteiger partial charge in [0.2, 0.25) is 0 Å². The first-order valence-corrected chi connectivity index (χ1v) is 2.76. The second-order valence-corrected chi connectivity index (χ2v) is 1.93. The fourth-order valence-corrected chi connectivity index (χ4v) is 0.676. The molecule has 2 N–H and O–H groups in total. The highest BCUT2D eigenvalue weighted by molar-refractivity contribution is 5.17. The molecule has 1 heterocycles. The van der Waals surface area contributed by atoms with Crippen molar-refractivity contribution in [3.8, 4) is 0 Å². The Hall–Kier alpha value is -1.04. The van der Waals surface area contributed by atoms with E-state index in [0.29, 0.717) is 0 Å². The van der Waals surface area contributed by atoms with Gasteiger partial charge in [-0.2, -0.15) is 18.3 Å². The van der Waals surface area contributed by atoms with Crippen LogP contribution in [0.25, 0.3) is 0 Å². The monoisotopic (exact) mass is 166 g/mol. The molecule has 62 valence electrons. The molecule has 0 spiro atoms. The Morgan fingerprint density at radius 3 is 2.55 bits per heavy atom. The molecule has 0 saturated heterocycles. The van der Waals surface area contributed by atoms with Crippen LogP contribution in [-0.2, 0) is 12.8 Å². The number of nitrogens with zero attached hydrogens (tertiary/aromatic N) is 1. The normalized spacial score (nSPS) is 12.0. The third-order valence-corrected chi connectivity index (χ3v) is 1.17. The van der Waals surface area contributed by atoms with E-state index >= 15 is 0 Å². The number of nitrogens with one attached hydrogen (secondary N) is 1. The topological polar surface area (TPSA) is 48.9 Å². The molecule has 0 saturated carbocycles. The zero-order valence-electron chi connectivity index (χ0n) is 5.31. The summed E-state index contributed by atoms with van der Waals surface area (Å²) in [5.41, 5.74) is -1.22. The number of aliphatic hydroxyl groups excluding tert-OH is 1. The van der Waals surface area contributed by atoms with Gasteiger partial charge in [-0.1, -0.05) is 0 Å². The maximum absolute atomic E-state index is 11.9. The Bertz CT molecular complexity index is 242. The number of alkyl halides is 3. The molecule has 3 nitrogen and oxygen atoms in total. The van der Waals surface area contributed by atoms with E-state index in [1.165, 1.54) is 0 Å². The molecule has 0 bridgehead atoms. The van der Waals surface area contributed by atoms with Gasteiger partial charge in [0.25, 0.3) is 0 Å². The van der Waals surface area contributed by atoms with E-state index in [1.807, 2.05) is 0 Å². The van der Waals surface area contributed by atoms with Gasteiger partial charge in [-0.15, -0.1) is 0 Å². The molecule has 1 aromatic heterocycles. The largest absolute Gasteiger partial charge is 0.433 e. The van der Waals surface area contributed by atoms with Crippen LogP contribution in [-0.4, -0.2) is 15.3 Å². The summed E-state index contributed by atoms with van der Waals surface area (Å²) in [5, 5.41) is 13.3. The summed E-state index contributed by atoms with van der Waals surface area (Å²) in [4.78, 5) is 0. The fourth-order valence-electron chi connectivity index (χ4n) is 0.676. The summed E-state index contributed by atoms with van der Waals surface area (Å²) < 4.78 is 35.7. The fraction of sp³-hybridized carbons (Fsp3) is 0.400. The molecule has 0 fully saturated rings. The third kappa shape index (κ3) is 1.51. The van der Waals surface area contributed by atoms with Gasteiger partial charge < -0.3 is 5.11 Å². The van der Waals surface area contributed by atoms with E-state index in [0.717, 1.165) is 6.20 Å². The molecular weight excluding hydrogens is 161 g/mol. The van der Waals surface area contributed by atoms with Gasteiger partial charge in [0, 0.05) is 5.56 Å². The first-order chi connectivity index (χ1) is 5.05. The number of aromatic nitrogens is 2. The quantitative estimate of drug-likeness (QED) is 0.651. The van der Waals surface area contributed by atoms with Crippen molar-refractivity contribution < 1.29 is 18.3 Å². The van der Waals surface area contributed by atoms with Crippen molar-refractivity contribution in [1.29, 1.82) is 0 Å². The van der Waals surface area contributed by atoms with Crippen LogP contribution in [0.4, 0.5) is 13.2 Å². The maximum atomic E-state index is 11.9. The van der Waals surface area contributed by atoms with Crippen LogP contribution < -0.4 is 0 Å². The molecule has 1 rings (SSSR count). The van der Waals surface area contributed by atoms with Crippen molar-refractivity contribution in [3.05, 3.63) is 17.5 Å². The van der Waals surface area contributed by atoms with Crippen molar-refractivity contribution >= 4 is 0 Å². The van der Waals surface area contributed by atoms with E-state index in [4.69, 9.17) is 5.11 Å². The zero-order chi connectivity index (χ0) is 8.48. The van der Waals surface area contributed by atoms with Gasteiger partial charge in [-0.3, -0.25) is 5.10 Å². The molecule has 0 aromatic carbocycles. The summed E-state index contributed by atoms with van der Waals surface area (Å²) in [6.07, 6.45) is -3.52. The van der Waals surface area contributed by atoms with Crippen molar-refractivity contribution in [2.24, 2.45) is 0 Å². The highest BCUT2D eigenvalue weighted by Gasteiger charge is 2.35. The number of H-pyrrole nitrogens is 1. The predicted octanol–water partition coefficient (Wildman–Crippen LogP) is 0.921. The minimum atomic E-state index is -4.46. The molecule has 0 radical (unpaired) electrons. The molecule has 11 heavy (non-hydrogen) atoms. The number of hydrogen-bond acceptors (Lipinski definition) is 2. The van der Waals surface area contributed by atoms with Crippen LogP contribution in [0, 0.1) is 0 Å². The lowest BCUT2D eigenvalue weighted by Gasteiger charge is -2.03. The summed E-state index contributed by atoms with van der Waals surface area (Å²) in [6, 6.07) is 0. The van der Waals surface area contributed by atoms with Gasteiger partial charge >= 0.3 is 6.18 Å². The van der Waals surface area contributed by atoms with Gasteiger partial charge in [-0.05, 0) is 0 Å². The van der Waals surface area contributed by atoms with Crippen molar-refractivity contribution in [2.75, 3.05) is 0 Å². The smallest absolute Gasteiger partial charge is 0.392 e. The lowest BCUT2D eigenvalue weighted by molar-refractivity contribution is -0.142. The molecule has 0 unspecified atom stereocenters. The van der Waals surface area contributed by atoms with Crippen LogP contribution in [0.3, 0.4) is 0 Å². The molecule has 6 heteroatoms. The zero-order valence-corrected chi connectivity index (χ0v) is 5.31. The second kappa shape index (κ2) is 2.54. The Kier molecular flexibility index (Phi) is 1.86. The Morgan fingerprint density at radius 2 is 2.18 bits per heavy atom. The highest BCUT2D eigenvalue weighted by atomic mass is 19.4. The molecule has 0 aliphatic rings. The van der Waals surface area contributed by atoms with E-state index in [-0.39, 0.29) is 5.56 Å². The van der Waals surface area contributed by atoms with Gasteiger partial charge in [0.1, 0.15) is 5.69 Å². The minimum absolute atomic E-state index is 0.238.